The molecule has 0 bridgehead atoms. The highest BCUT2D eigenvalue weighted by Crippen LogP contribution is 2.18. The van der Waals surface area contributed by atoms with Crippen LogP contribution in [0.2, 0.25) is 0 Å². The van der Waals surface area contributed by atoms with Crippen molar-refractivity contribution in [3.63, 3.8) is 0 Å². The number of nitrogens with one attached hydrogen (secondary N) is 1. The van der Waals surface area contributed by atoms with Gasteiger partial charge < -0.3 is 5.32 Å². The van der Waals surface area contributed by atoms with E-state index >= 15 is 0 Å². The molecule has 1 aromatic rings. The largest absolute Gasteiger partial charge is 0.309 e. The summed E-state index contributed by atoms with van der Waals surface area (Å²) in [6, 6.07) is 7.83. The Morgan fingerprint density at radius 1 is 1.29 bits per heavy atom. The van der Waals surface area contributed by atoms with Crippen LogP contribution in [0.1, 0.15) is 25.0 Å². The molecule has 2 nitrogen and oxygen atoms in total. The molecule has 0 aliphatic carbocycles. The van der Waals surface area contributed by atoms with Gasteiger partial charge in [0.15, 0.2) is 0 Å². The van der Waals surface area contributed by atoms with E-state index in [0.717, 1.165) is 19.6 Å². The van der Waals surface area contributed by atoms with Gasteiger partial charge in [-0.05, 0) is 38.0 Å². The Morgan fingerprint density at radius 3 is 2.53 bits per heavy atom. The Balaban J connectivity index is 2.02. The van der Waals surface area contributed by atoms with Crippen molar-refractivity contribution in [1.82, 2.24) is 10.2 Å². The zero-order valence-electron chi connectivity index (χ0n) is 10.8. The molecule has 1 fully saturated rings. The van der Waals surface area contributed by atoms with Crippen LogP contribution in [0, 0.1) is 6.92 Å². The van der Waals surface area contributed by atoms with E-state index in [1.54, 1.807) is 0 Å². The third-order valence-electron chi connectivity index (χ3n) is 3.26. The number of nitrogens with zero attached hydrogens (tertiary/aromatic N) is 1. The third kappa shape index (κ3) is 3.54. The molecule has 0 amide bonds. The topological polar surface area (TPSA) is 15.3 Å². The highest BCUT2D eigenvalue weighted by atomic mass is 79.9. The van der Waals surface area contributed by atoms with Crippen molar-refractivity contribution in [3.8, 4) is 0 Å². The van der Waals surface area contributed by atoms with Gasteiger partial charge in [-0.25, -0.2) is 0 Å². The van der Waals surface area contributed by atoms with Gasteiger partial charge in [0, 0.05) is 36.2 Å². The van der Waals surface area contributed by atoms with Gasteiger partial charge in [0.2, 0.25) is 0 Å². The van der Waals surface area contributed by atoms with Crippen molar-refractivity contribution < 1.29 is 0 Å². The van der Waals surface area contributed by atoms with E-state index in [1.807, 2.05) is 0 Å². The molecule has 0 radical (unpaired) electrons. The zero-order chi connectivity index (χ0) is 12.4. The van der Waals surface area contributed by atoms with Crippen LogP contribution in [0.3, 0.4) is 0 Å². The smallest absolute Gasteiger partial charge is 0.0235 e. The summed E-state index contributed by atoms with van der Waals surface area (Å²) in [6.07, 6.45) is 0. The van der Waals surface area contributed by atoms with E-state index in [0.29, 0.717) is 12.1 Å². The van der Waals surface area contributed by atoms with Crippen LogP contribution in [0.25, 0.3) is 0 Å². The number of halogens is 1. The molecule has 2 unspecified atom stereocenters. The molecule has 1 saturated heterocycles. The molecule has 2 atom stereocenters. The van der Waals surface area contributed by atoms with Crippen molar-refractivity contribution in [1.29, 1.82) is 0 Å². The molecule has 17 heavy (non-hydrogen) atoms. The highest BCUT2D eigenvalue weighted by molar-refractivity contribution is 9.10. The Bertz CT molecular complexity index is 382. The average molecular weight is 297 g/mol. The quantitative estimate of drug-likeness (QED) is 0.903. The standard InChI is InChI=1S/C14H21BrN2/c1-10-6-13(4-5-14(10)15)9-17-7-11(2)16-12(3)8-17/h4-6,11-12,16H,7-9H2,1-3H3. The summed E-state index contributed by atoms with van der Waals surface area (Å²) in [5.41, 5.74) is 2.73. The first-order valence-corrected chi connectivity index (χ1v) is 7.07. The van der Waals surface area contributed by atoms with Crippen molar-refractivity contribution in [2.45, 2.75) is 39.4 Å². The molecule has 0 saturated carbocycles. The minimum atomic E-state index is 0.593. The van der Waals surface area contributed by atoms with Crippen LogP contribution in [0.4, 0.5) is 0 Å². The molecule has 0 aromatic heterocycles. The lowest BCUT2D eigenvalue weighted by Crippen LogP contribution is -2.53. The predicted molar refractivity (Wildman–Crippen MR) is 76.2 cm³/mol. The van der Waals surface area contributed by atoms with Gasteiger partial charge >= 0.3 is 0 Å². The van der Waals surface area contributed by atoms with Crippen LogP contribution in [0.5, 0.6) is 0 Å². The maximum absolute atomic E-state index is 3.57. The molecule has 2 rings (SSSR count). The van der Waals surface area contributed by atoms with Gasteiger partial charge in [0.25, 0.3) is 0 Å². The maximum atomic E-state index is 3.57. The van der Waals surface area contributed by atoms with E-state index in [9.17, 15) is 0 Å². The second kappa shape index (κ2) is 5.51. The normalized spacial score (nSPS) is 26.1. The lowest BCUT2D eigenvalue weighted by Gasteiger charge is -2.36. The molecule has 1 N–H and O–H groups in total. The van der Waals surface area contributed by atoms with E-state index in [2.05, 4.69) is 65.1 Å². The second-order valence-electron chi connectivity index (χ2n) is 5.25. The lowest BCUT2D eigenvalue weighted by atomic mass is 10.1. The van der Waals surface area contributed by atoms with Gasteiger partial charge in [-0.15, -0.1) is 0 Å². The second-order valence-corrected chi connectivity index (χ2v) is 6.10. The highest BCUT2D eigenvalue weighted by Gasteiger charge is 2.20. The van der Waals surface area contributed by atoms with E-state index in [1.165, 1.54) is 15.6 Å². The average Bonchev–Trinajstić information content (AvgIpc) is 2.22. The van der Waals surface area contributed by atoms with E-state index < -0.39 is 0 Å². The number of hydrogen-bond donors (Lipinski definition) is 1. The molecule has 1 aliphatic heterocycles. The van der Waals surface area contributed by atoms with Crippen molar-refractivity contribution in [2.75, 3.05) is 13.1 Å². The van der Waals surface area contributed by atoms with Crippen molar-refractivity contribution in [2.24, 2.45) is 0 Å². The Morgan fingerprint density at radius 2 is 1.94 bits per heavy atom. The fraction of sp³-hybridized carbons (Fsp3) is 0.571. The monoisotopic (exact) mass is 296 g/mol. The third-order valence-corrected chi connectivity index (χ3v) is 4.15. The molecular formula is C14H21BrN2. The number of aryl methyl sites for hydroxylation is 1. The number of hydrogen-bond acceptors (Lipinski definition) is 2. The van der Waals surface area contributed by atoms with E-state index in [4.69, 9.17) is 0 Å². The van der Waals surface area contributed by atoms with Crippen molar-refractivity contribution >= 4 is 15.9 Å². The van der Waals surface area contributed by atoms with Crippen LogP contribution in [-0.2, 0) is 6.54 Å². The number of piperazine rings is 1. The van der Waals surface area contributed by atoms with Gasteiger partial charge in [0.1, 0.15) is 0 Å². The molecule has 1 aromatic carbocycles. The molecule has 1 heterocycles. The predicted octanol–water partition coefficient (Wildman–Crippen LogP) is 2.94. The first kappa shape index (κ1) is 13.1. The maximum Gasteiger partial charge on any atom is 0.0235 e. The molecule has 1 aliphatic rings. The summed E-state index contributed by atoms with van der Waals surface area (Å²) in [7, 11) is 0. The summed E-state index contributed by atoms with van der Waals surface area (Å²) in [4.78, 5) is 2.54. The molecular weight excluding hydrogens is 276 g/mol. The van der Waals surface area contributed by atoms with Gasteiger partial charge in [-0.3, -0.25) is 4.90 Å². The fourth-order valence-electron chi connectivity index (χ4n) is 2.63. The summed E-state index contributed by atoms with van der Waals surface area (Å²) >= 11 is 3.55. The fourth-order valence-corrected chi connectivity index (χ4v) is 2.88. The summed E-state index contributed by atoms with van der Waals surface area (Å²) in [5.74, 6) is 0. The minimum absolute atomic E-state index is 0.593. The Hall–Kier alpha value is -0.380. The molecule has 0 spiro atoms. The summed E-state index contributed by atoms with van der Waals surface area (Å²) in [6.45, 7) is 10.0. The Labute approximate surface area is 113 Å². The lowest BCUT2D eigenvalue weighted by molar-refractivity contribution is 0.166. The van der Waals surface area contributed by atoms with Crippen LogP contribution < -0.4 is 5.32 Å². The van der Waals surface area contributed by atoms with Crippen LogP contribution in [-0.4, -0.2) is 30.1 Å². The minimum Gasteiger partial charge on any atom is -0.309 e. The van der Waals surface area contributed by atoms with Gasteiger partial charge in [0.05, 0.1) is 0 Å². The number of benzene rings is 1. The molecule has 94 valence electrons. The van der Waals surface area contributed by atoms with Gasteiger partial charge in [-0.2, -0.15) is 0 Å². The van der Waals surface area contributed by atoms with Crippen molar-refractivity contribution in [3.05, 3.63) is 33.8 Å². The van der Waals surface area contributed by atoms with E-state index in [-0.39, 0.29) is 0 Å². The first-order valence-electron chi connectivity index (χ1n) is 6.28. The summed E-state index contributed by atoms with van der Waals surface area (Å²) in [5, 5.41) is 3.57. The SMILES string of the molecule is Cc1cc(CN2CC(C)NC(C)C2)ccc1Br. The van der Waals surface area contributed by atoms with Crippen LogP contribution >= 0.6 is 15.9 Å². The number of rotatable bonds is 2. The molecule has 3 heteroatoms. The zero-order valence-corrected chi connectivity index (χ0v) is 12.4. The Kier molecular flexibility index (Phi) is 4.23. The summed E-state index contributed by atoms with van der Waals surface area (Å²) < 4.78 is 1.20. The van der Waals surface area contributed by atoms with Gasteiger partial charge in [-0.1, -0.05) is 28.1 Å². The van der Waals surface area contributed by atoms with Crippen LogP contribution in [0.15, 0.2) is 22.7 Å². The first-order chi connectivity index (χ1) is 8.04.